The summed E-state index contributed by atoms with van der Waals surface area (Å²) in [5.41, 5.74) is 2.30. The first kappa shape index (κ1) is 22.2. The third-order valence-electron chi connectivity index (χ3n) is 7.25. The summed E-state index contributed by atoms with van der Waals surface area (Å²) in [7, 11) is 0. The van der Waals surface area contributed by atoms with E-state index in [0.29, 0.717) is 6.54 Å². The minimum Gasteiger partial charge on any atom is -0.298 e. The first-order valence-corrected chi connectivity index (χ1v) is 12.3. The fourth-order valence-corrected chi connectivity index (χ4v) is 5.42. The van der Waals surface area contributed by atoms with Gasteiger partial charge in [-0.2, -0.15) is 0 Å². The van der Waals surface area contributed by atoms with Crippen LogP contribution in [0.1, 0.15) is 55.1 Å². The molecule has 3 aromatic rings. The van der Waals surface area contributed by atoms with Crippen LogP contribution in [-0.2, 0) is 13.0 Å². The van der Waals surface area contributed by atoms with E-state index in [1.165, 1.54) is 37.7 Å². The highest BCUT2D eigenvalue weighted by Crippen LogP contribution is 2.30. The van der Waals surface area contributed by atoms with Crippen molar-refractivity contribution in [3.05, 3.63) is 77.4 Å². The van der Waals surface area contributed by atoms with Gasteiger partial charge in [0, 0.05) is 38.8 Å². The van der Waals surface area contributed by atoms with Gasteiger partial charge in [0.1, 0.15) is 5.82 Å². The van der Waals surface area contributed by atoms with E-state index in [-0.39, 0.29) is 11.9 Å². The Morgan fingerprint density at radius 2 is 1.61 bits per heavy atom. The van der Waals surface area contributed by atoms with Crippen LogP contribution in [0.25, 0.3) is 0 Å². The fourth-order valence-electron chi connectivity index (χ4n) is 5.42. The highest BCUT2D eigenvalue weighted by atomic mass is 19.1. The van der Waals surface area contributed by atoms with Crippen molar-refractivity contribution in [3.8, 4) is 0 Å². The summed E-state index contributed by atoms with van der Waals surface area (Å²) in [5.74, 6) is 0.618. The van der Waals surface area contributed by atoms with Crippen molar-refractivity contribution < 1.29 is 4.39 Å². The summed E-state index contributed by atoms with van der Waals surface area (Å²) in [4.78, 5) is 5.15. The Hall–Kier alpha value is -2.64. The first-order valence-electron chi connectivity index (χ1n) is 12.3. The molecule has 1 aromatic heterocycles. The van der Waals surface area contributed by atoms with Gasteiger partial charge >= 0.3 is 0 Å². The quantitative estimate of drug-likeness (QED) is 0.545. The molecule has 1 aliphatic carbocycles. The summed E-state index contributed by atoms with van der Waals surface area (Å²) < 4.78 is 15.6. The molecule has 7 heteroatoms. The van der Waals surface area contributed by atoms with Gasteiger partial charge in [-0.25, -0.2) is 9.07 Å². The van der Waals surface area contributed by atoms with Crippen LogP contribution in [0, 0.1) is 5.82 Å². The van der Waals surface area contributed by atoms with Crippen LogP contribution >= 0.6 is 0 Å². The molecule has 2 heterocycles. The van der Waals surface area contributed by atoms with E-state index in [2.05, 4.69) is 49.6 Å². The third-order valence-corrected chi connectivity index (χ3v) is 7.25. The zero-order chi connectivity index (χ0) is 22.5. The maximum Gasteiger partial charge on any atom is 0.173 e. The summed E-state index contributed by atoms with van der Waals surface area (Å²) in [6.07, 6.45) is 7.63. The number of hydrogen-bond donors (Lipinski definition) is 0. The van der Waals surface area contributed by atoms with E-state index >= 15 is 0 Å². The van der Waals surface area contributed by atoms with Crippen LogP contribution in [0.4, 0.5) is 4.39 Å². The van der Waals surface area contributed by atoms with Crippen molar-refractivity contribution in [1.82, 2.24) is 30.0 Å². The molecule has 0 N–H and O–H groups in total. The number of aryl methyl sites for hydroxylation is 2. The zero-order valence-electron chi connectivity index (χ0n) is 19.2. The molecule has 174 valence electrons. The molecule has 2 fully saturated rings. The molecule has 0 unspecified atom stereocenters. The summed E-state index contributed by atoms with van der Waals surface area (Å²) in [5, 5.41) is 12.8. The molecule has 33 heavy (non-hydrogen) atoms. The van der Waals surface area contributed by atoms with Gasteiger partial charge in [-0.15, -0.1) is 5.10 Å². The molecule has 0 spiro atoms. The second kappa shape index (κ2) is 10.5. The average Bonchev–Trinajstić information content (AvgIpc) is 3.34. The maximum absolute atomic E-state index is 13.7. The molecular weight excluding hydrogens is 415 g/mol. The molecule has 1 saturated heterocycles. The Morgan fingerprint density at radius 3 is 2.33 bits per heavy atom. The second-order valence-electron chi connectivity index (χ2n) is 9.31. The lowest BCUT2D eigenvalue weighted by atomic mass is 9.93. The number of nitrogens with zero attached hydrogens (tertiary/aromatic N) is 6. The van der Waals surface area contributed by atoms with Gasteiger partial charge < -0.3 is 0 Å². The largest absolute Gasteiger partial charge is 0.298 e. The minimum absolute atomic E-state index is 0.0788. The summed E-state index contributed by atoms with van der Waals surface area (Å²) in [6.45, 7) is 4.77. The summed E-state index contributed by atoms with van der Waals surface area (Å²) >= 11 is 0. The Kier molecular flexibility index (Phi) is 7.07. The second-order valence-corrected chi connectivity index (χ2v) is 9.31. The standard InChI is InChI=1S/C26H33FN6/c27-23-13-11-22(12-14-23)25(32-19-17-31(18-20-32)24-9-5-2-6-10-24)26-28-29-30-33(26)16-15-21-7-3-1-4-8-21/h1,3-4,7-8,11-14,24-25H,2,5-6,9-10,15-20H2/t25-/m0/s1. The van der Waals surface area contributed by atoms with E-state index in [9.17, 15) is 4.39 Å². The van der Waals surface area contributed by atoms with Crippen LogP contribution in [0.2, 0.25) is 0 Å². The van der Waals surface area contributed by atoms with Gasteiger partial charge in [0.2, 0.25) is 0 Å². The lowest BCUT2D eigenvalue weighted by Crippen LogP contribution is -2.52. The van der Waals surface area contributed by atoms with Crippen molar-refractivity contribution >= 4 is 0 Å². The van der Waals surface area contributed by atoms with Gasteiger partial charge in [0.05, 0.1) is 6.04 Å². The van der Waals surface area contributed by atoms with E-state index in [1.807, 2.05) is 22.9 Å². The third kappa shape index (κ3) is 5.31. The Labute approximate surface area is 195 Å². The van der Waals surface area contributed by atoms with Crippen molar-refractivity contribution in [2.45, 2.75) is 57.2 Å². The van der Waals surface area contributed by atoms with E-state index in [1.54, 1.807) is 12.1 Å². The van der Waals surface area contributed by atoms with Crippen molar-refractivity contribution in [1.29, 1.82) is 0 Å². The molecule has 2 aromatic carbocycles. The van der Waals surface area contributed by atoms with Crippen molar-refractivity contribution in [3.63, 3.8) is 0 Å². The monoisotopic (exact) mass is 448 g/mol. The van der Waals surface area contributed by atoms with Gasteiger partial charge in [-0.1, -0.05) is 61.7 Å². The highest BCUT2D eigenvalue weighted by Gasteiger charge is 2.32. The van der Waals surface area contributed by atoms with Crippen LogP contribution in [0.3, 0.4) is 0 Å². The molecule has 2 aliphatic rings. The molecule has 0 amide bonds. The molecular formula is C26H33FN6. The number of rotatable bonds is 7. The molecule has 1 aliphatic heterocycles. The first-order chi connectivity index (χ1) is 16.3. The normalized spacial score (nSPS) is 19.5. The molecule has 5 rings (SSSR count). The van der Waals surface area contributed by atoms with E-state index in [0.717, 1.165) is 50.0 Å². The Balaban J connectivity index is 1.35. The van der Waals surface area contributed by atoms with Crippen LogP contribution in [0.5, 0.6) is 0 Å². The van der Waals surface area contributed by atoms with E-state index < -0.39 is 0 Å². The SMILES string of the molecule is Fc1ccc([C@@H](c2nnnn2CCc2ccccc2)N2CCN(C3CCCCC3)CC2)cc1. The fraction of sp³-hybridized carbons (Fsp3) is 0.500. The van der Waals surface area contributed by atoms with E-state index in [4.69, 9.17) is 0 Å². The zero-order valence-corrected chi connectivity index (χ0v) is 19.2. The lowest BCUT2D eigenvalue weighted by Gasteiger charge is -2.43. The van der Waals surface area contributed by atoms with Gasteiger partial charge in [-0.3, -0.25) is 9.80 Å². The minimum atomic E-state index is -0.219. The number of aromatic nitrogens is 4. The van der Waals surface area contributed by atoms with Crippen LogP contribution < -0.4 is 0 Å². The van der Waals surface area contributed by atoms with Gasteiger partial charge in [0.15, 0.2) is 5.82 Å². The van der Waals surface area contributed by atoms with Crippen LogP contribution in [-0.4, -0.2) is 62.2 Å². The number of hydrogen-bond acceptors (Lipinski definition) is 5. The molecule has 1 atom stereocenters. The average molecular weight is 449 g/mol. The number of halogens is 1. The predicted octanol–water partition coefficient (Wildman–Crippen LogP) is 4.09. The van der Waals surface area contributed by atoms with Gasteiger partial charge in [0.25, 0.3) is 0 Å². The number of tetrazole rings is 1. The highest BCUT2D eigenvalue weighted by molar-refractivity contribution is 5.26. The molecule has 1 saturated carbocycles. The number of piperazine rings is 1. The summed E-state index contributed by atoms with van der Waals surface area (Å²) in [6, 6.07) is 17.9. The topological polar surface area (TPSA) is 50.1 Å². The Morgan fingerprint density at radius 1 is 0.879 bits per heavy atom. The molecule has 6 nitrogen and oxygen atoms in total. The lowest BCUT2D eigenvalue weighted by molar-refractivity contribution is 0.0619. The molecule has 0 radical (unpaired) electrons. The van der Waals surface area contributed by atoms with Crippen molar-refractivity contribution in [2.24, 2.45) is 0 Å². The number of benzene rings is 2. The van der Waals surface area contributed by atoms with Gasteiger partial charge in [-0.05, 0) is 52.9 Å². The van der Waals surface area contributed by atoms with Crippen LogP contribution in [0.15, 0.2) is 54.6 Å². The maximum atomic E-state index is 13.7. The predicted molar refractivity (Wildman–Crippen MR) is 126 cm³/mol. The smallest absolute Gasteiger partial charge is 0.173 e. The Bertz CT molecular complexity index is 991. The van der Waals surface area contributed by atoms with Crippen molar-refractivity contribution in [2.75, 3.05) is 26.2 Å². The molecule has 0 bridgehead atoms.